The van der Waals surface area contributed by atoms with Gasteiger partial charge >= 0.3 is 0 Å². The van der Waals surface area contributed by atoms with Gasteiger partial charge in [0.25, 0.3) is 0 Å². The number of nitrogens with one attached hydrogen (secondary N) is 1. The summed E-state index contributed by atoms with van der Waals surface area (Å²) in [6.45, 7) is 5.31. The van der Waals surface area contributed by atoms with Crippen molar-refractivity contribution >= 4 is 0 Å². The smallest absolute Gasteiger partial charge is 0.138 e. The number of hydrogen-bond donors (Lipinski definition) is 2. The van der Waals surface area contributed by atoms with Crippen LogP contribution < -0.4 is 5.32 Å². The van der Waals surface area contributed by atoms with Crippen LogP contribution in [0.2, 0.25) is 0 Å². The van der Waals surface area contributed by atoms with Gasteiger partial charge in [-0.2, -0.15) is 0 Å². The van der Waals surface area contributed by atoms with Crippen LogP contribution in [0.3, 0.4) is 0 Å². The molecule has 1 aliphatic carbocycles. The predicted molar refractivity (Wildman–Crippen MR) is 84.3 cm³/mol. The SMILES string of the molecule is Cc1noc(C)c1CN[C@@H]1[C@@H](O)CO[C@@H]1Cn1cc(C2CC2)nn1. The van der Waals surface area contributed by atoms with E-state index in [1.807, 2.05) is 24.7 Å². The van der Waals surface area contributed by atoms with Gasteiger partial charge in [0.05, 0.1) is 42.8 Å². The molecule has 24 heavy (non-hydrogen) atoms. The van der Waals surface area contributed by atoms with Crippen LogP contribution in [0.15, 0.2) is 10.7 Å². The Morgan fingerprint density at radius 1 is 1.38 bits per heavy atom. The Balaban J connectivity index is 1.40. The third kappa shape index (κ3) is 3.09. The highest BCUT2D eigenvalue weighted by Crippen LogP contribution is 2.38. The molecule has 8 nitrogen and oxygen atoms in total. The van der Waals surface area contributed by atoms with Gasteiger partial charge in [-0.3, -0.25) is 0 Å². The van der Waals surface area contributed by atoms with Crippen molar-refractivity contribution in [3.63, 3.8) is 0 Å². The Morgan fingerprint density at radius 3 is 2.92 bits per heavy atom. The summed E-state index contributed by atoms with van der Waals surface area (Å²) in [6, 6.07) is -0.160. The van der Waals surface area contributed by atoms with Crippen molar-refractivity contribution in [3.8, 4) is 0 Å². The second-order valence-corrected chi connectivity index (χ2v) is 6.79. The van der Waals surface area contributed by atoms with Crippen molar-refractivity contribution < 1.29 is 14.4 Å². The molecule has 0 amide bonds. The lowest BCUT2D eigenvalue weighted by atomic mass is 10.1. The molecular formula is C16H23N5O3. The molecule has 4 rings (SSSR count). The van der Waals surface area contributed by atoms with Crippen LogP contribution in [0.5, 0.6) is 0 Å². The molecular weight excluding hydrogens is 310 g/mol. The van der Waals surface area contributed by atoms with Gasteiger partial charge in [0.15, 0.2) is 0 Å². The monoisotopic (exact) mass is 333 g/mol. The van der Waals surface area contributed by atoms with E-state index in [2.05, 4.69) is 20.8 Å². The predicted octanol–water partition coefficient (Wildman–Crippen LogP) is 0.678. The molecule has 0 bridgehead atoms. The first-order valence-corrected chi connectivity index (χ1v) is 8.46. The van der Waals surface area contributed by atoms with E-state index in [9.17, 15) is 5.11 Å². The first-order chi connectivity index (χ1) is 11.6. The van der Waals surface area contributed by atoms with Crippen LogP contribution >= 0.6 is 0 Å². The van der Waals surface area contributed by atoms with E-state index in [-0.39, 0.29) is 12.1 Å². The van der Waals surface area contributed by atoms with Crippen LogP contribution in [-0.2, 0) is 17.8 Å². The van der Waals surface area contributed by atoms with Crippen molar-refractivity contribution in [2.45, 2.75) is 63.9 Å². The molecule has 2 aromatic rings. The number of aliphatic hydroxyl groups is 1. The Morgan fingerprint density at radius 2 is 2.21 bits per heavy atom. The summed E-state index contributed by atoms with van der Waals surface area (Å²) in [5.74, 6) is 1.39. The van der Waals surface area contributed by atoms with Crippen molar-refractivity contribution in [2.24, 2.45) is 0 Å². The lowest BCUT2D eigenvalue weighted by molar-refractivity contribution is 0.0741. The molecule has 2 aliphatic rings. The molecule has 0 aromatic carbocycles. The van der Waals surface area contributed by atoms with Crippen LogP contribution in [0.4, 0.5) is 0 Å². The van der Waals surface area contributed by atoms with Gasteiger partial charge in [0.2, 0.25) is 0 Å². The van der Waals surface area contributed by atoms with Gasteiger partial charge in [-0.05, 0) is 26.7 Å². The number of rotatable bonds is 6. The zero-order valence-electron chi connectivity index (χ0n) is 14.0. The lowest BCUT2D eigenvalue weighted by Gasteiger charge is -2.21. The molecule has 130 valence electrons. The summed E-state index contributed by atoms with van der Waals surface area (Å²) in [4.78, 5) is 0. The van der Waals surface area contributed by atoms with Crippen LogP contribution in [0.25, 0.3) is 0 Å². The average molecular weight is 333 g/mol. The second-order valence-electron chi connectivity index (χ2n) is 6.79. The Hall–Kier alpha value is -1.77. The van der Waals surface area contributed by atoms with E-state index in [1.54, 1.807) is 0 Å². The van der Waals surface area contributed by atoms with Gasteiger partial charge in [-0.25, -0.2) is 4.68 Å². The van der Waals surface area contributed by atoms with E-state index in [4.69, 9.17) is 9.26 Å². The molecule has 0 spiro atoms. The molecule has 3 heterocycles. The van der Waals surface area contributed by atoms with Crippen molar-refractivity contribution in [1.29, 1.82) is 0 Å². The normalized spacial score (nSPS) is 27.0. The average Bonchev–Trinajstić information content (AvgIpc) is 3.11. The van der Waals surface area contributed by atoms with E-state index < -0.39 is 6.10 Å². The number of aryl methyl sites for hydroxylation is 2. The highest BCUT2D eigenvalue weighted by atomic mass is 16.5. The fraction of sp³-hybridized carbons (Fsp3) is 0.688. The minimum Gasteiger partial charge on any atom is -0.389 e. The number of nitrogens with zero attached hydrogens (tertiary/aromatic N) is 4. The summed E-state index contributed by atoms with van der Waals surface area (Å²) in [7, 11) is 0. The maximum absolute atomic E-state index is 10.2. The van der Waals surface area contributed by atoms with Crippen molar-refractivity contribution in [1.82, 2.24) is 25.5 Å². The van der Waals surface area contributed by atoms with E-state index >= 15 is 0 Å². The van der Waals surface area contributed by atoms with Crippen molar-refractivity contribution in [3.05, 3.63) is 28.9 Å². The molecule has 0 radical (unpaired) electrons. The maximum atomic E-state index is 10.2. The molecule has 2 N–H and O–H groups in total. The van der Waals surface area contributed by atoms with Crippen LogP contribution in [-0.4, -0.2) is 50.1 Å². The standard InChI is InChI=1S/C16H23N5O3/c1-9-12(10(2)24-19-9)5-17-16-14(22)8-23-15(16)7-21-6-13(18-20-21)11-3-4-11/h6,11,14-17,22H,3-5,7-8H2,1-2H3/t14-,15+,16+/m0/s1. The molecule has 1 saturated heterocycles. The molecule has 1 aliphatic heterocycles. The largest absolute Gasteiger partial charge is 0.389 e. The topological polar surface area (TPSA) is 98.2 Å². The Bertz CT molecular complexity index is 689. The van der Waals surface area contributed by atoms with Gasteiger partial charge in [0.1, 0.15) is 5.76 Å². The van der Waals surface area contributed by atoms with Crippen LogP contribution in [0, 0.1) is 13.8 Å². The maximum Gasteiger partial charge on any atom is 0.138 e. The Labute approximate surface area is 140 Å². The fourth-order valence-electron chi connectivity index (χ4n) is 3.24. The van der Waals surface area contributed by atoms with Gasteiger partial charge < -0.3 is 19.7 Å². The number of aromatic nitrogens is 4. The fourth-order valence-corrected chi connectivity index (χ4v) is 3.24. The van der Waals surface area contributed by atoms with Crippen LogP contribution in [0.1, 0.15) is 41.5 Å². The third-order valence-corrected chi connectivity index (χ3v) is 4.91. The summed E-state index contributed by atoms with van der Waals surface area (Å²) in [5, 5.41) is 26.0. The molecule has 0 unspecified atom stereocenters. The minimum atomic E-state index is -0.540. The first kappa shape index (κ1) is 15.7. The summed E-state index contributed by atoms with van der Waals surface area (Å²) < 4.78 is 12.8. The van der Waals surface area contributed by atoms with Gasteiger partial charge in [0, 0.05) is 24.2 Å². The number of ether oxygens (including phenoxy) is 1. The van der Waals surface area contributed by atoms with Crippen molar-refractivity contribution in [2.75, 3.05) is 6.61 Å². The van der Waals surface area contributed by atoms with Gasteiger partial charge in [-0.1, -0.05) is 10.4 Å². The minimum absolute atomic E-state index is 0.144. The summed E-state index contributed by atoms with van der Waals surface area (Å²) >= 11 is 0. The molecule has 8 heteroatoms. The number of hydrogen-bond acceptors (Lipinski definition) is 7. The van der Waals surface area contributed by atoms with E-state index in [0.29, 0.717) is 25.6 Å². The molecule has 3 atom stereocenters. The highest BCUT2D eigenvalue weighted by Gasteiger charge is 2.37. The zero-order valence-corrected chi connectivity index (χ0v) is 14.0. The Kier molecular flexibility index (Phi) is 4.11. The molecule has 2 aromatic heterocycles. The quantitative estimate of drug-likeness (QED) is 0.802. The molecule has 2 fully saturated rings. The van der Waals surface area contributed by atoms with E-state index in [1.165, 1.54) is 12.8 Å². The lowest BCUT2D eigenvalue weighted by Crippen LogP contribution is -2.45. The first-order valence-electron chi connectivity index (χ1n) is 8.46. The third-order valence-electron chi connectivity index (χ3n) is 4.91. The van der Waals surface area contributed by atoms with E-state index in [0.717, 1.165) is 22.7 Å². The summed E-state index contributed by atoms with van der Waals surface area (Å²) in [5.41, 5.74) is 2.97. The zero-order chi connectivity index (χ0) is 16.7. The number of aliphatic hydroxyl groups excluding tert-OH is 1. The second kappa shape index (κ2) is 6.27. The molecule has 1 saturated carbocycles. The highest BCUT2D eigenvalue weighted by molar-refractivity contribution is 5.20. The van der Waals surface area contributed by atoms with Gasteiger partial charge in [-0.15, -0.1) is 5.10 Å². The summed E-state index contributed by atoms with van der Waals surface area (Å²) in [6.07, 6.45) is 3.73.